The van der Waals surface area contributed by atoms with E-state index in [0.717, 1.165) is 11.1 Å². The average Bonchev–Trinajstić information content (AvgIpc) is 2.05. The third kappa shape index (κ3) is 3.35. The van der Waals surface area contributed by atoms with Gasteiger partial charge >= 0.3 is 0 Å². The Labute approximate surface area is 88.0 Å². The minimum Gasteiger partial charge on any atom is -0.497 e. The zero-order chi connectivity index (χ0) is 7.40. The summed E-state index contributed by atoms with van der Waals surface area (Å²) >= 11 is 3.36. The molecule has 1 aromatic carbocycles. The van der Waals surface area contributed by atoms with Crippen molar-refractivity contribution < 1.29 is 24.2 Å². The standard InChI is InChI=1S/C8H9BrO.Zn/c1-10-8-4-2-7(6-9)3-5-8;/h2-5H,6H2,1H3;. The van der Waals surface area contributed by atoms with Crippen molar-refractivity contribution in [3.63, 3.8) is 0 Å². The Balaban J connectivity index is 0.000001000. The largest absolute Gasteiger partial charge is 0.497 e. The molecule has 0 heterocycles. The van der Waals surface area contributed by atoms with E-state index >= 15 is 0 Å². The Bertz CT molecular complexity index is 175. The number of alkyl halides is 1. The third-order valence-electron chi connectivity index (χ3n) is 1.31. The van der Waals surface area contributed by atoms with Gasteiger partial charge in [-0.05, 0) is 17.7 Å². The van der Waals surface area contributed by atoms with Crippen LogP contribution >= 0.6 is 15.9 Å². The van der Waals surface area contributed by atoms with Crippen LogP contribution < -0.4 is 4.74 Å². The molecule has 0 radical (unpaired) electrons. The molecule has 0 aliphatic carbocycles. The molecule has 56 valence electrons. The van der Waals surface area contributed by atoms with Crippen LogP contribution in [0.2, 0.25) is 0 Å². The fraction of sp³-hybridized carbons (Fsp3) is 0.250. The molecule has 0 atom stereocenters. The molecule has 0 unspecified atom stereocenters. The predicted molar refractivity (Wildman–Crippen MR) is 45.6 cm³/mol. The van der Waals surface area contributed by atoms with Gasteiger partial charge < -0.3 is 4.74 Å². The average molecular weight is 266 g/mol. The SMILES string of the molecule is COc1ccc(CBr)cc1.[Zn]. The van der Waals surface area contributed by atoms with Gasteiger partial charge in [0.15, 0.2) is 0 Å². The minimum absolute atomic E-state index is 0. The fourth-order valence-corrected chi connectivity index (χ4v) is 1.09. The van der Waals surface area contributed by atoms with Crippen LogP contribution in [0.25, 0.3) is 0 Å². The van der Waals surface area contributed by atoms with Crippen LogP contribution in [0.1, 0.15) is 5.56 Å². The summed E-state index contributed by atoms with van der Waals surface area (Å²) in [4.78, 5) is 0. The van der Waals surface area contributed by atoms with Gasteiger partial charge in [-0.15, -0.1) is 0 Å². The van der Waals surface area contributed by atoms with Crippen LogP contribution in [-0.2, 0) is 24.8 Å². The maximum atomic E-state index is 5.00. The van der Waals surface area contributed by atoms with Gasteiger partial charge in [0, 0.05) is 24.8 Å². The fourth-order valence-electron chi connectivity index (χ4n) is 0.715. The summed E-state index contributed by atoms with van der Waals surface area (Å²) in [7, 11) is 1.67. The van der Waals surface area contributed by atoms with Crippen LogP contribution in [0, 0.1) is 0 Å². The van der Waals surface area contributed by atoms with Crippen molar-refractivity contribution in [3.05, 3.63) is 29.8 Å². The van der Waals surface area contributed by atoms with Crippen molar-refractivity contribution >= 4 is 15.9 Å². The summed E-state index contributed by atoms with van der Waals surface area (Å²) in [6.45, 7) is 0. The maximum Gasteiger partial charge on any atom is 0.118 e. The normalized spacial score (nSPS) is 8.55. The van der Waals surface area contributed by atoms with Gasteiger partial charge in [-0.2, -0.15) is 0 Å². The number of rotatable bonds is 2. The Morgan fingerprint density at radius 1 is 1.27 bits per heavy atom. The molecule has 3 heteroatoms. The Morgan fingerprint density at radius 2 is 1.82 bits per heavy atom. The predicted octanol–water partition coefficient (Wildman–Crippen LogP) is 2.59. The quantitative estimate of drug-likeness (QED) is 0.590. The van der Waals surface area contributed by atoms with E-state index in [0.29, 0.717) is 0 Å². The third-order valence-corrected chi connectivity index (χ3v) is 1.96. The molecule has 11 heavy (non-hydrogen) atoms. The zero-order valence-electron chi connectivity index (χ0n) is 6.51. The number of benzene rings is 1. The van der Waals surface area contributed by atoms with Crippen molar-refractivity contribution in [2.45, 2.75) is 5.33 Å². The van der Waals surface area contributed by atoms with Gasteiger partial charge in [-0.3, -0.25) is 0 Å². The Morgan fingerprint density at radius 3 is 2.18 bits per heavy atom. The number of methoxy groups -OCH3 is 1. The molecular formula is C8H9BrOZn. The van der Waals surface area contributed by atoms with E-state index in [-0.39, 0.29) is 19.5 Å². The van der Waals surface area contributed by atoms with Gasteiger partial charge in [0.25, 0.3) is 0 Å². The summed E-state index contributed by atoms with van der Waals surface area (Å²) in [5.41, 5.74) is 1.26. The smallest absolute Gasteiger partial charge is 0.118 e. The Hall–Kier alpha value is 0.123. The van der Waals surface area contributed by atoms with Crippen LogP contribution in [0.5, 0.6) is 5.75 Å². The second-order valence-electron chi connectivity index (χ2n) is 1.98. The molecule has 0 aliphatic heterocycles. The molecule has 1 aromatic rings. The number of halogens is 1. The van der Waals surface area contributed by atoms with Crippen molar-refractivity contribution in [3.8, 4) is 5.75 Å². The molecule has 0 aliphatic rings. The van der Waals surface area contributed by atoms with E-state index < -0.39 is 0 Å². The van der Waals surface area contributed by atoms with Crippen LogP contribution in [0.3, 0.4) is 0 Å². The van der Waals surface area contributed by atoms with E-state index in [2.05, 4.69) is 15.9 Å². The van der Waals surface area contributed by atoms with E-state index in [9.17, 15) is 0 Å². The molecule has 0 fully saturated rings. The minimum atomic E-state index is 0. The second-order valence-corrected chi connectivity index (χ2v) is 2.54. The van der Waals surface area contributed by atoms with Crippen molar-refractivity contribution in [2.75, 3.05) is 7.11 Å². The zero-order valence-corrected chi connectivity index (χ0v) is 11.1. The first-order valence-corrected chi connectivity index (χ1v) is 4.18. The molecule has 0 bridgehead atoms. The van der Waals surface area contributed by atoms with Crippen LogP contribution in [-0.4, -0.2) is 7.11 Å². The molecule has 0 spiro atoms. The molecular weight excluding hydrogens is 257 g/mol. The first-order valence-electron chi connectivity index (χ1n) is 3.05. The second kappa shape index (κ2) is 5.73. The molecule has 0 amide bonds. The molecule has 0 aromatic heterocycles. The van der Waals surface area contributed by atoms with Crippen LogP contribution in [0.15, 0.2) is 24.3 Å². The van der Waals surface area contributed by atoms with Crippen molar-refractivity contribution in [1.29, 1.82) is 0 Å². The van der Waals surface area contributed by atoms with Crippen molar-refractivity contribution in [1.82, 2.24) is 0 Å². The van der Waals surface area contributed by atoms with E-state index in [1.165, 1.54) is 5.56 Å². The van der Waals surface area contributed by atoms with E-state index in [4.69, 9.17) is 4.74 Å². The van der Waals surface area contributed by atoms with E-state index in [1.807, 2.05) is 24.3 Å². The van der Waals surface area contributed by atoms with Gasteiger partial charge in [0.1, 0.15) is 5.75 Å². The Kier molecular flexibility index (Phi) is 5.80. The molecule has 0 saturated carbocycles. The topological polar surface area (TPSA) is 9.23 Å². The summed E-state index contributed by atoms with van der Waals surface area (Å²) in [5, 5.41) is 0.900. The van der Waals surface area contributed by atoms with Gasteiger partial charge in [0.2, 0.25) is 0 Å². The van der Waals surface area contributed by atoms with Gasteiger partial charge in [0.05, 0.1) is 7.11 Å². The van der Waals surface area contributed by atoms with Gasteiger partial charge in [-0.25, -0.2) is 0 Å². The summed E-state index contributed by atoms with van der Waals surface area (Å²) in [5.74, 6) is 0.907. The molecule has 0 saturated heterocycles. The number of hydrogen-bond acceptors (Lipinski definition) is 1. The van der Waals surface area contributed by atoms with Crippen molar-refractivity contribution in [2.24, 2.45) is 0 Å². The summed E-state index contributed by atoms with van der Waals surface area (Å²) < 4.78 is 5.00. The first kappa shape index (κ1) is 11.1. The monoisotopic (exact) mass is 264 g/mol. The maximum absolute atomic E-state index is 5.00. The summed E-state index contributed by atoms with van der Waals surface area (Å²) in [6, 6.07) is 7.98. The molecule has 1 rings (SSSR count). The first-order chi connectivity index (χ1) is 4.86. The summed E-state index contributed by atoms with van der Waals surface area (Å²) in [6.07, 6.45) is 0. The van der Waals surface area contributed by atoms with Crippen LogP contribution in [0.4, 0.5) is 0 Å². The van der Waals surface area contributed by atoms with Gasteiger partial charge in [-0.1, -0.05) is 28.1 Å². The molecule has 0 N–H and O–H groups in total. The number of ether oxygens (including phenoxy) is 1. The molecule has 1 nitrogen and oxygen atoms in total. The van der Waals surface area contributed by atoms with E-state index in [1.54, 1.807) is 7.11 Å². The number of hydrogen-bond donors (Lipinski definition) is 0.